The van der Waals surface area contributed by atoms with Crippen LogP contribution in [0.3, 0.4) is 0 Å². The van der Waals surface area contributed by atoms with Gasteiger partial charge in [-0.1, -0.05) is 0 Å². The van der Waals surface area contributed by atoms with Crippen LogP contribution in [0, 0.1) is 0 Å². The summed E-state index contributed by atoms with van der Waals surface area (Å²) in [4.78, 5) is 64.9. The molecule has 3 atom stereocenters. The monoisotopic (exact) mass is 472 g/mol. The van der Waals surface area contributed by atoms with Gasteiger partial charge in [-0.05, 0) is 25.7 Å². The number of guanidine groups is 1. The number of nitrogens with zero attached hydrogens (tertiary/aromatic N) is 2. The van der Waals surface area contributed by atoms with Crippen molar-refractivity contribution in [2.45, 2.75) is 43.8 Å². The van der Waals surface area contributed by atoms with Crippen molar-refractivity contribution in [2.24, 2.45) is 22.2 Å². The summed E-state index contributed by atoms with van der Waals surface area (Å²) in [6.45, 7) is -1.22. The lowest BCUT2D eigenvalue weighted by Crippen LogP contribution is -2.55. The molecule has 33 heavy (non-hydrogen) atoms. The summed E-state index contributed by atoms with van der Waals surface area (Å²) < 4.78 is 0. The van der Waals surface area contributed by atoms with Crippen LogP contribution in [-0.2, 0) is 24.0 Å². The summed E-state index contributed by atoms with van der Waals surface area (Å²) in [6.07, 6.45) is 1.29. The second-order valence-corrected chi connectivity index (χ2v) is 7.32. The quantitative estimate of drug-likeness (QED) is 0.0720. The lowest BCUT2D eigenvalue weighted by molar-refractivity contribution is -0.149. The first-order valence-corrected chi connectivity index (χ1v) is 10.4. The molecule has 15 nitrogen and oxygen atoms in total. The number of aliphatic hydroxyl groups is 1. The van der Waals surface area contributed by atoms with Crippen molar-refractivity contribution in [3.8, 4) is 0 Å². The zero-order chi connectivity index (χ0) is 25.0. The van der Waals surface area contributed by atoms with E-state index in [4.69, 9.17) is 17.2 Å². The molecule has 1 saturated heterocycles. The number of aliphatic carboxylic acids is 1. The van der Waals surface area contributed by atoms with Crippen molar-refractivity contribution >= 4 is 35.6 Å². The zero-order valence-electron chi connectivity index (χ0n) is 18.2. The third kappa shape index (κ3) is 9.28. The number of nitrogens with one attached hydrogen (secondary N) is 3. The zero-order valence-corrected chi connectivity index (χ0v) is 18.2. The Balaban J connectivity index is 2.63. The smallest absolute Gasteiger partial charge is 0.326 e. The van der Waals surface area contributed by atoms with E-state index < -0.39 is 60.9 Å². The van der Waals surface area contributed by atoms with Crippen LogP contribution in [0.25, 0.3) is 0 Å². The van der Waals surface area contributed by atoms with E-state index in [0.29, 0.717) is 12.8 Å². The molecule has 186 valence electrons. The summed E-state index contributed by atoms with van der Waals surface area (Å²) in [5.74, 6) is -4.04. The number of amides is 4. The Morgan fingerprint density at radius 2 is 1.76 bits per heavy atom. The predicted molar refractivity (Wildman–Crippen MR) is 115 cm³/mol. The molecule has 15 heteroatoms. The second-order valence-electron chi connectivity index (χ2n) is 7.32. The minimum Gasteiger partial charge on any atom is -0.480 e. The van der Waals surface area contributed by atoms with E-state index >= 15 is 0 Å². The van der Waals surface area contributed by atoms with E-state index in [2.05, 4.69) is 20.9 Å². The molecule has 0 aromatic heterocycles. The van der Waals surface area contributed by atoms with E-state index in [1.807, 2.05) is 0 Å². The normalized spacial score (nSPS) is 16.9. The number of hydrogen-bond acceptors (Lipinski definition) is 8. The molecular weight excluding hydrogens is 440 g/mol. The molecule has 1 fully saturated rings. The van der Waals surface area contributed by atoms with Gasteiger partial charge in [-0.3, -0.25) is 24.2 Å². The van der Waals surface area contributed by atoms with Gasteiger partial charge in [0.05, 0.1) is 19.7 Å². The van der Waals surface area contributed by atoms with Gasteiger partial charge in [0, 0.05) is 13.1 Å². The average molecular weight is 473 g/mol. The standard InChI is InChI=1S/C18H32N8O7/c19-7-13(28)24-10(3-1-5-22-18(20)21)15(30)23-8-14(29)25-11(9-27)16(31)26-6-2-4-12(26)17(32)33/h10-12,27H,1-9,19H2,(H,23,30)(H,24,28)(H,25,29)(H,32,33)(H4,20,21,22)/t10-,11-,12-/m0/s1. The molecular formula is C18H32N8O7. The molecule has 0 bridgehead atoms. The van der Waals surface area contributed by atoms with Gasteiger partial charge in [0.1, 0.15) is 18.1 Å². The van der Waals surface area contributed by atoms with Crippen molar-refractivity contribution < 1.29 is 34.2 Å². The number of aliphatic imine (C=N–C) groups is 1. The number of likely N-dealkylation sites (tertiary alicyclic amines) is 1. The van der Waals surface area contributed by atoms with Crippen LogP contribution >= 0.6 is 0 Å². The highest BCUT2D eigenvalue weighted by molar-refractivity contribution is 5.93. The number of nitrogens with two attached hydrogens (primary N) is 3. The van der Waals surface area contributed by atoms with Crippen molar-refractivity contribution in [3.63, 3.8) is 0 Å². The minimum atomic E-state index is -1.36. The van der Waals surface area contributed by atoms with Crippen LogP contribution in [0.2, 0.25) is 0 Å². The molecule has 0 radical (unpaired) electrons. The highest BCUT2D eigenvalue weighted by Gasteiger charge is 2.37. The van der Waals surface area contributed by atoms with Gasteiger partial charge in [0.15, 0.2) is 5.96 Å². The largest absolute Gasteiger partial charge is 0.480 e. The molecule has 0 aromatic carbocycles. The Bertz CT molecular complexity index is 756. The summed E-state index contributed by atoms with van der Waals surface area (Å²) in [7, 11) is 0. The number of carbonyl (C=O) groups excluding carboxylic acids is 4. The van der Waals surface area contributed by atoms with Gasteiger partial charge < -0.3 is 48.3 Å². The van der Waals surface area contributed by atoms with Gasteiger partial charge in [-0.25, -0.2) is 4.79 Å². The van der Waals surface area contributed by atoms with Crippen molar-refractivity contribution in [1.29, 1.82) is 0 Å². The minimum absolute atomic E-state index is 0.116. The number of carboxylic acids is 1. The number of hydrogen-bond donors (Lipinski definition) is 8. The predicted octanol–water partition coefficient (Wildman–Crippen LogP) is -4.85. The van der Waals surface area contributed by atoms with Gasteiger partial charge in [0.25, 0.3) is 0 Å². The number of aliphatic hydroxyl groups excluding tert-OH is 1. The number of carbonyl (C=O) groups is 5. The molecule has 1 aliphatic heterocycles. The van der Waals surface area contributed by atoms with Gasteiger partial charge in [-0.2, -0.15) is 0 Å². The average Bonchev–Trinajstić information content (AvgIpc) is 3.27. The number of rotatable bonds is 13. The fraction of sp³-hybridized carbons (Fsp3) is 0.667. The molecule has 4 amide bonds. The highest BCUT2D eigenvalue weighted by Crippen LogP contribution is 2.18. The second kappa shape index (κ2) is 13.8. The van der Waals surface area contributed by atoms with Crippen molar-refractivity contribution in [2.75, 3.05) is 32.8 Å². The Kier molecular flexibility index (Phi) is 11.6. The van der Waals surface area contributed by atoms with E-state index in [1.165, 1.54) is 0 Å². The summed E-state index contributed by atoms with van der Waals surface area (Å²) in [5.41, 5.74) is 15.7. The van der Waals surface area contributed by atoms with Crippen LogP contribution in [0.15, 0.2) is 4.99 Å². The van der Waals surface area contributed by atoms with Gasteiger partial charge in [-0.15, -0.1) is 0 Å². The first kappa shape index (κ1) is 27.6. The maximum absolute atomic E-state index is 12.5. The van der Waals surface area contributed by atoms with E-state index in [1.54, 1.807) is 0 Å². The Labute approximate surface area is 190 Å². The summed E-state index contributed by atoms with van der Waals surface area (Å²) in [5, 5.41) is 25.7. The fourth-order valence-electron chi connectivity index (χ4n) is 3.23. The third-order valence-corrected chi connectivity index (χ3v) is 4.84. The van der Waals surface area contributed by atoms with E-state index in [-0.39, 0.29) is 38.4 Å². The SMILES string of the molecule is NCC(=O)N[C@@H](CCCN=C(N)N)C(=O)NCC(=O)N[C@@H](CO)C(=O)N1CCC[C@H]1C(=O)O. The lowest BCUT2D eigenvalue weighted by atomic mass is 10.1. The maximum atomic E-state index is 12.5. The fourth-order valence-corrected chi connectivity index (χ4v) is 3.23. The molecule has 0 unspecified atom stereocenters. The van der Waals surface area contributed by atoms with Crippen LogP contribution in [0.5, 0.6) is 0 Å². The van der Waals surface area contributed by atoms with E-state index in [9.17, 15) is 34.2 Å². The highest BCUT2D eigenvalue weighted by atomic mass is 16.4. The molecule has 0 saturated carbocycles. The molecule has 1 aliphatic rings. The summed E-state index contributed by atoms with van der Waals surface area (Å²) >= 11 is 0. The molecule has 0 aliphatic carbocycles. The van der Waals surface area contributed by atoms with Crippen LogP contribution in [0.4, 0.5) is 0 Å². The van der Waals surface area contributed by atoms with Crippen LogP contribution < -0.4 is 33.2 Å². The van der Waals surface area contributed by atoms with Crippen molar-refractivity contribution in [1.82, 2.24) is 20.9 Å². The first-order valence-electron chi connectivity index (χ1n) is 10.4. The topological polar surface area (TPSA) is 256 Å². The van der Waals surface area contributed by atoms with Gasteiger partial charge >= 0.3 is 5.97 Å². The molecule has 11 N–H and O–H groups in total. The van der Waals surface area contributed by atoms with Crippen molar-refractivity contribution in [3.05, 3.63) is 0 Å². The van der Waals surface area contributed by atoms with Crippen LogP contribution in [-0.4, -0.2) is 102 Å². The summed E-state index contributed by atoms with van der Waals surface area (Å²) in [6, 6.07) is -3.38. The Morgan fingerprint density at radius 3 is 2.33 bits per heavy atom. The molecule has 1 heterocycles. The maximum Gasteiger partial charge on any atom is 0.326 e. The molecule has 0 spiro atoms. The van der Waals surface area contributed by atoms with Gasteiger partial charge in [0.2, 0.25) is 23.6 Å². The Morgan fingerprint density at radius 1 is 1.09 bits per heavy atom. The third-order valence-electron chi connectivity index (χ3n) is 4.84. The first-order chi connectivity index (χ1) is 15.6. The number of carboxylic acid groups (broad SMARTS) is 1. The molecule has 0 aromatic rings. The molecule has 1 rings (SSSR count). The van der Waals surface area contributed by atoms with Crippen LogP contribution in [0.1, 0.15) is 25.7 Å². The lowest BCUT2D eigenvalue weighted by Gasteiger charge is -2.26. The van der Waals surface area contributed by atoms with E-state index in [0.717, 1.165) is 4.90 Å². The Hall–Kier alpha value is -3.46.